The van der Waals surface area contributed by atoms with Crippen molar-refractivity contribution in [2.24, 2.45) is 23.3 Å². The smallest absolute Gasteiger partial charge is 0.229 e. The van der Waals surface area contributed by atoms with E-state index in [1.54, 1.807) is 0 Å². The highest BCUT2D eigenvalue weighted by Gasteiger charge is 2.33. The molecule has 4 fully saturated rings. The minimum atomic E-state index is -0.580. The molecule has 2 aromatic heterocycles. The Morgan fingerprint density at radius 1 is 0.629 bits per heavy atom. The number of hydrogen-bond acceptors (Lipinski definition) is 14. The van der Waals surface area contributed by atoms with Crippen molar-refractivity contribution in [3.8, 4) is 0 Å². The molecule has 2 saturated heterocycles. The summed E-state index contributed by atoms with van der Waals surface area (Å²) in [6.07, 6.45) is 6.80. The monoisotopic (exact) mass is 894 g/mol. The first kappa shape index (κ1) is 44.7. The van der Waals surface area contributed by atoms with Gasteiger partial charge in [-0.1, -0.05) is 36.0 Å². The van der Waals surface area contributed by atoms with Crippen LogP contribution < -0.4 is 42.5 Å². The normalized spacial score (nSPS) is 21.8. The number of carbonyl (C=O) groups is 2. The predicted octanol–water partition coefficient (Wildman–Crippen LogP) is 5.66. The second kappa shape index (κ2) is 20.3. The summed E-state index contributed by atoms with van der Waals surface area (Å²) in [5.74, 6) is -1.99. The van der Waals surface area contributed by atoms with Crippen LogP contribution in [0.5, 0.6) is 0 Å². The molecule has 4 atom stereocenters. The number of aromatic nitrogens is 4. The highest BCUT2D eigenvalue weighted by molar-refractivity contribution is 6.34. The third-order valence-corrected chi connectivity index (χ3v) is 12.6. The highest BCUT2D eigenvalue weighted by atomic mass is 35.5. The summed E-state index contributed by atoms with van der Waals surface area (Å²) in [5.41, 5.74) is 14.3. The van der Waals surface area contributed by atoms with Gasteiger partial charge >= 0.3 is 0 Å². The van der Waals surface area contributed by atoms with Gasteiger partial charge in [0.25, 0.3) is 0 Å². The lowest BCUT2D eigenvalue weighted by Gasteiger charge is -2.34. The van der Waals surface area contributed by atoms with E-state index in [4.69, 9.17) is 34.7 Å². The molecular formula is C42H54Cl2F2N14O2. The zero-order valence-corrected chi connectivity index (χ0v) is 36.4. The van der Waals surface area contributed by atoms with Crippen molar-refractivity contribution in [2.45, 2.75) is 50.6 Å². The van der Waals surface area contributed by atoms with Gasteiger partial charge in [0.2, 0.25) is 23.7 Å². The van der Waals surface area contributed by atoms with E-state index in [2.05, 4.69) is 74.9 Å². The molecule has 4 unspecified atom stereocenters. The van der Waals surface area contributed by atoms with Gasteiger partial charge in [0.15, 0.2) is 23.3 Å². The average Bonchev–Trinajstić information content (AvgIpc) is 3.92. The van der Waals surface area contributed by atoms with Crippen LogP contribution in [0, 0.1) is 23.5 Å². The maximum absolute atomic E-state index is 14.3. The molecule has 8 rings (SSSR count). The highest BCUT2D eigenvalue weighted by Crippen LogP contribution is 2.34. The molecule has 0 bridgehead atoms. The zero-order valence-electron chi connectivity index (χ0n) is 34.9. The fourth-order valence-electron chi connectivity index (χ4n) is 8.39. The van der Waals surface area contributed by atoms with Crippen LogP contribution in [-0.2, 0) is 9.59 Å². The van der Waals surface area contributed by atoms with Gasteiger partial charge in [-0.25, -0.2) is 18.7 Å². The molecule has 0 radical (unpaired) electrons. The Bertz CT molecular complexity index is 2060. The van der Waals surface area contributed by atoms with Gasteiger partial charge in [-0.2, -0.15) is 9.97 Å². The number of rotatable bonds is 12. The van der Waals surface area contributed by atoms with Gasteiger partial charge in [0, 0.05) is 75.8 Å². The maximum Gasteiger partial charge on any atom is 0.229 e. The second-order valence-electron chi connectivity index (χ2n) is 16.3. The lowest BCUT2D eigenvalue weighted by atomic mass is 10.0. The van der Waals surface area contributed by atoms with E-state index in [0.717, 1.165) is 102 Å². The van der Waals surface area contributed by atoms with Crippen molar-refractivity contribution in [3.63, 3.8) is 0 Å². The van der Waals surface area contributed by atoms with E-state index in [9.17, 15) is 18.4 Å². The Morgan fingerprint density at radius 3 is 1.37 bits per heavy atom. The van der Waals surface area contributed by atoms with Crippen LogP contribution >= 0.6 is 23.2 Å². The summed E-state index contributed by atoms with van der Waals surface area (Å²) in [6, 6.07) is 10.9. The SMILES string of the molecule is CN1CCN(c2ccc(Nc3ncc(F)c(NC4CCCC4C(N)=O)n3)cc2Cl)CC1.CN1CCN(c2ccc(Nc3ncc(F)c(NC4CCCC4C(N)=O)n3)cc2Cl)CC1. The fourth-order valence-corrected chi connectivity index (χ4v) is 8.99. The fraction of sp³-hybridized carbons (Fsp3) is 0.476. The molecular weight excluding hydrogens is 841 g/mol. The molecule has 0 spiro atoms. The summed E-state index contributed by atoms with van der Waals surface area (Å²) < 4.78 is 28.6. The van der Waals surface area contributed by atoms with Crippen molar-refractivity contribution in [2.75, 3.05) is 97.5 Å². The molecule has 2 aliphatic carbocycles. The lowest BCUT2D eigenvalue weighted by Crippen LogP contribution is -2.44. The number of nitrogens with zero attached hydrogens (tertiary/aromatic N) is 8. The van der Waals surface area contributed by atoms with Crippen molar-refractivity contribution in [3.05, 3.63) is 70.5 Å². The number of halogens is 4. The topological polar surface area (TPSA) is 199 Å². The minimum absolute atomic E-state index is 0.0517. The van der Waals surface area contributed by atoms with E-state index in [1.165, 1.54) is 0 Å². The Kier molecular flexibility index (Phi) is 14.6. The van der Waals surface area contributed by atoms with Crippen LogP contribution in [0.25, 0.3) is 0 Å². The van der Waals surface area contributed by atoms with E-state index >= 15 is 0 Å². The number of nitrogens with one attached hydrogen (secondary N) is 4. The molecule has 8 N–H and O–H groups in total. The first-order valence-electron chi connectivity index (χ1n) is 21.0. The molecule has 4 heterocycles. The summed E-state index contributed by atoms with van der Waals surface area (Å²) >= 11 is 13.1. The van der Waals surface area contributed by atoms with Crippen molar-refractivity contribution >= 4 is 81.3 Å². The molecule has 332 valence electrons. The van der Waals surface area contributed by atoms with Crippen LogP contribution in [0.15, 0.2) is 48.8 Å². The number of primary amides is 2. The molecule has 16 nitrogen and oxygen atoms in total. The number of amides is 2. The van der Waals surface area contributed by atoms with Gasteiger partial charge in [0.1, 0.15) is 0 Å². The van der Waals surface area contributed by atoms with E-state index < -0.39 is 11.6 Å². The van der Waals surface area contributed by atoms with Crippen molar-refractivity contribution in [1.29, 1.82) is 0 Å². The molecule has 4 aromatic rings. The van der Waals surface area contributed by atoms with Crippen molar-refractivity contribution in [1.82, 2.24) is 29.7 Å². The second-order valence-corrected chi connectivity index (χ2v) is 17.1. The molecule has 20 heteroatoms. The predicted molar refractivity (Wildman–Crippen MR) is 241 cm³/mol. The Labute approximate surface area is 370 Å². The third-order valence-electron chi connectivity index (χ3n) is 12.0. The Balaban J connectivity index is 0.000000186. The minimum Gasteiger partial charge on any atom is -0.369 e. The van der Waals surface area contributed by atoms with Gasteiger partial charge in [0.05, 0.1) is 45.6 Å². The number of benzene rings is 2. The van der Waals surface area contributed by atoms with E-state index in [-0.39, 0.29) is 59.3 Å². The molecule has 2 aliphatic heterocycles. The number of hydrogen-bond donors (Lipinski definition) is 6. The summed E-state index contributed by atoms with van der Waals surface area (Å²) in [5, 5.41) is 13.5. The molecule has 2 saturated carbocycles. The number of anilines is 8. The quantitative estimate of drug-likeness (QED) is 0.102. The average molecular weight is 896 g/mol. The third kappa shape index (κ3) is 11.2. The van der Waals surface area contributed by atoms with Crippen LogP contribution in [0.2, 0.25) is 10.0 Å². The molecule has 2 amide bonds. The van der Waals surface area contributed by atoms with Gasteiger partial charge in [-0.05, 0) is 76.2 Å². The van der Waals surface area contributed by atoms with Crippen LogP contribution in [0.1, 0.15) is 38.5 Å². The Hall–Kier alpha value is -5.30. The number of piperazine rings is 2. The van der Waals surface area contributed by atoms with Crippen LogP contribution in [0.4, 0.5) is 55.1 Å². The Morgan fingerprint density at radius 2 is 1.02 bits per heavy atom. The van der Waals surface area contributed by atoms with E-state index in [0.29, 0.717) is 34.3 Å². The zero-order chi connectivity index (χ0) is 43.9. The maximum atomic E-state index is 14.3. The van der Waals surface area contributed by atoms with E-state index in [1.807, 2.05) is 36.4 Å². The molecule has 2 aromatic carbocycles. The van der Waals surface area contributed by atoms with Crippen molar-refractivity contribution < 1.29 is 18.4 Å². The van der Waals surface area contributed by atoms with Gasteiger partial charge in [-0.15, -0.1) is 0 Å². The standard InChI is InChI=1S/2C21H27ClFN7O/c2*1-29-7-9-30(10-8-29)18-6-5-13(11-15(18)22)26-21-25-12-16(23)20(28-21)27-17-4-2-3-14(17)19(24)31/h2*5-6,11-12,14,17H,2-4,7-10H2,1H3,(H2,24,31)(H2,25,26,27,28). The summed E-state index contributed by atoms with van der Waals surface area (Å²) in [4.78, 5) is 48.9. The lowest BCUT2D eigenvalue weighted by molar-refractivity contribution is -0.122. The first-order chi connectivity index (χ1) is 29.8. The number of nitrogens with two attached hydrogens (primary N) is 2. The van der Waals surface area contributed by atoms with Crippen LogP contribution in [-0.4, -0.2) is 120 Å². The summed E-state index contributed by atoms with van der Waals surface area (Å²) in [6.45, 7) is 7.67. The molecule has 4 aliphatic rings. The number of carbonyl (C=O) groups excluding carboxylic acids is 2. The largest absolute Gasteiger partial charge is 0.369 e. The number of likely N-dealkylation sites (N-methyl/N-ethyl adjacent to an activating group) is 2. The first-order valence-corrected chi connectivity index (χ1v) is 21.7. The molecule has 62 heavy (non-hydrogen) atoms. The summed E-state index contributed by atoms with van der Waals surface area (Å²) in [7, 11) is 4.22. The van der Waals surface area contributed by atoms with Gasteiger partial charge in [-0.3, -0.25) is 9.59 Å². The van der Waals surface area contributed by atoms with Crippen LogP contribution in [0.3, 0.4) is 0 Å². The van der Waals surface area contributed by atoms with Gasteiger partial charge < -0.3 is 52.3 Å².